The van der Waals surface area contributed by atoms with Gasteiger partial charge in [0.25, 0.3) is 0 Å². The second-order valence-electron chi connectivity index (χ2n) is 5.75. The second kappa shape index (κ2) is 8.42. The molecular weight excluding hydrogens is 316 g/mol. The highest BCUT2D eigenvalue weighted by Gasteiger charge is 2.17. The van der Waals surface area contributed by atoms with Crippen molar-refractivity contribution in [3.05, 3.63) is 34.3 Å². The maximum atomic E-state index is 12.1. The minimum Gasteiger partial charge on any atom is -0.350 e. The van der Waals surface area contributed by atoms with Gasteiger partial charge in [0.05, 0.1) is 6.04 Å². The summed E-state index contributed by atoms with van der Waals surface area (Å²) in [6.45, 7) is 6.88. The molecule has 1 amide bonds. The van der Waals surface area contributed by atoms with Crippen LogP contribution in [0.1, 0.15) is 45.2 Å². The third-order valence-electron chi connectivity index (χ3n) is 3.36. The van der Waals surface area contributed by atoms with Crippen LogP contribution in [0.15, 0.2) is 28.7 Å². The Hall–Kier alpha value is -0.870. The van der Waals surface area contributed by atoms with Gasteiger partial charge in [-0.2, -0.15) is 0 Å². The van der Waals surface area contributed by atoms with E-state index in [1.165, 1.54) is 0 Å². The average molecular weight is 341 g/mol. The molecule has 1 rings (SSSR count). The largest absolute Gasteiger partial charge is 0.350 e. The van der Waals surface area contributed by atoms with Crippen LogP contribution in [0.5, 0.6) is 0 Å². The Bertz CT molecular complexity index is 434. The monoisotopic (exact) mass is 340 g/mol. The zero-order valence-corrected chi connectivity index (χ0v) is 14.1. The van der Waals surface area contributed by atoms with Crippen LogP contribution in [0.2, 0.25) is 0 Å². The Balaban J connectivity index is 2.55. The minimum absolute atomic E-state index is 0.00412. The molecule has 1 aromatic carbocycles. The molecule has 0 spiro atoms. The molecule has 0 aliphatic carbocycles. The summed E-state index contributed by atoms with van der Waals surface area (Å²) in [5.74, 6) is 0.905. The van der Waals surface area contributed by atoms with Crippen molar-refractivity contribution in [3.8, 4) is 0 Å². The number of halogens is 1. The fourth-order valence-corrected chi connectivity index (χ4v) is 3.02. The summed E-state index contributed by atoms with van der Waals surface area (Å²) >= 11 is 3.51. The molecule has 112 valence electrons. The molecule has 2 atom stereocenters. The Kier molecular flexibility index (Phi) is 7.24. The predicted octanol–water partition coefficient (Wildman–Crippen LogP) is 3.64. The molecule has 3 nitrogen and oxygen atoms in total. The molecule has 0 radical (unpaired) electrons. The number of nitrogens with one attached hydrogen (secondary N) is 1. The van der Waals surface area contributed by atoms with Crippen LogP contribution in [0.3, 0.4) is 0 Å². The maximum absolute atomic E-state index is 12.1. The van der Waals surface area contributed by atoms with E-state index in [4.69, 9.17) is 5.73 Å². The topological polar surface area (TPSA) is 55.1 Å². The van der Waals surface area contributed by atoms with Crippen molar-refractivity contribution in [2.24, 2.45) is 17.6 Å². The van der Waals surface area contributed by atoms with E-state index >= 15 is 0 Å². The van der Waals surface area contributed by atoms with Crippen LogP contribution in [-0.2, 0) is 4.79 Å². The van der Waals surface area contributed by atoms with Gasteiger partial charge in [-0.15, -0.1) is 0 Å². The van der Waals surface area contributed by atoms with Gasteiger partial charge in [-0.05, 0) is 43.4 Å². The predicted molar refractivity (Wildman–Crippen MR) is 87.3 cm³/mol. The van der Waals surface area contributed by atoms with E-state index in [0.717, 1.165) is 16.5 Å². The smallest absolute Gasteiger partial charge is 0.220 e. The van der Waals surface area contributed by atoms with E-state index in [1.54, 1.807) is 0 Å². The SMILES string of the molecule is CC(C)CC(CN)CC(=O)N[C@H](C)c1ccccc1Br. The Morgan fingerprint density at radius 3 is 2.50 bits per heavy atom. The maximum Gasteiger partial charge on any atom is 0.220 e. The van der Waals surface area contributed by atoms with E-state index in [9.17, 15) is 4.79 Å². The van der Waals surface area contributed by atoms with Crippen LogP contribution >= 0.6 is 15.9 Å². The summed E-state index contributed by atoms with van der Waals surface area (Å²) in [4.78, 5) is 12.1. The van der Waals surface area contributed by atoms with Crippen LogP contribution in [0.25, 0.3) is 0 Å². The first-order valence-corrected chi connectivity index (χ1v) is 7.97. The lowest BCUT2D eigenvalue weighted by Gasteiger charge is -2.20. The van der Waals surface area contributed by atoms with Crippen LogP contribution in [0, 0.1) is 11.8 Å². The van der Waals surface area contributed by atoms with E-state index in [-0.39, 0.29) is 17.9 Å². The first-order valence-electron chi connectivity index (χ1n) is 7.17. The van der Waals surface area contributed by atoms with Gasteiger partial charge in [-0.25, -0.2) is 0 Å². The standard InChI is InChI=1S/C16H25BrN2O/c1-11(2)8-13(10-18)9-16(20)19-12(3)14-6-4-5-7-15(14)17/h4-7,11-13H,8-10,18H2,1-3H3,(H,19,20)/t12-,13?/m1/s1. The lowest BCUT2D eigenvalue weighted by molar-refractivity contribution is -0.122. The van der Waals surface area contributed by atoms with Gasteiger partial charge in [0, 0.05) is 10.9 Å². The lowest BCUT2D eigenvalue weighted by atomic mass is 9.94. The van der Waals surface area contributed by atoms with Gasteiger partial charge < -0.3 is 11.1 Å². The number of hydrogen-bond acceptors (Lipinski definition) is 2. The first kappa shape index (κ1) is 17.2. The van der Waals surface area contributed by atoms with E-state index in [1.807, 2.05) is 31.2 Å². The number of carbonyl (C=O) groups is 1. The molecule has 1 aromatic rings. The van der Waals surface area contributed by atoms with E-state index < -0.39 is 0 Å². The van der Waals surface area contributed by atoms with E-state index in [0.29, 0.717) is 18.9 Å². The number of rotatable bonds is 7. The normalized spacial score (nSPS) is 14.1. The Morgan fingerprint density at radius 2 is 1.95 bits per heavy atom. The van der Waals surface area contributed by atoms with Crippen molar-refractivity contribution in [3.63, 3.8) is 0 Å². The molecule has 0 aliphatic rings. The van der Waals surface area contributed by atoms with Crippen LogP contribution in [-0.4, -0.2) is 12.5 Å². The third kappa shape index (κ3) is 5.63. The average Bonchev–Trinajstić information content (AvgIpc) is 2.37. The van der Waals surface area contributed by atoms with Crippen molar-refractivity contribution in [2.45, 2.75) is 39.7 Å². The highest BCUT2D eigenvalue weighted by Crippen LogP contribution is 2.23. The number of amides is 1. The molecule has 3 N–H and O–H groups in total. The van der Waals surface area contributed by atoms with Crippen molar-refractivity contribution in [2.75, 3.05) is 6.54 Å². The highest BCUT2D eigenvalue weighted by atomic mass is 79.9. The second-order valence-corrected chi connectivity index (χ2v) is 6.60. The van der Waals surface area contributed by atoms with Gasteiger partial charge in [-0.1, -0.05) is 48.0 Å². The Labute approximate surface area is 130 Å². The molecule has 20 heavy (non-hydrogen) atoms. The Morgan fingerprint density at radius 1 is 1.30 bits per heavy atom. The number of benzene rings is 1. The zero-order chi connectivity index (χ0) is 15.1. The van der Waals surface area contributed by atoms with Gasteiger partial charge in [0.2, 0.25) is 5.91 Å². The molecule has 1 unspecified atom stereocenters. The summed E-state index contributed by atoms with van der Waals surface area (Å²) in [5, 5.41) is 3.05. The van der Waals surface area contributed by atoms with Crippen LogP contribution < -0.4 is 11.1 Å². The minimum atomic E-state index is -0.00412. The van der Waals surface area contributed by atoms with Crippen LogP contribution in [0.4, 0.5) is 0 Å². The number of hydrogen-bond donors (Lipinski definition) is 2. The fraction of sp³-hybridized carbons (Fsp3) is 0.562. The molecule has 0 heterocycles. The number of nitrogens with two attached hydrogens (primary N) is 1. The quantitative estimate of drug-likeness (QED) is 0.796. The molecular formula is C16H25BrN2O. The molecule has 0 fully saturated rings. The molecule has 0 bridgehead atoms. The molecule has 0 saturated carbocycles. The summed E-state index contributed by atoms with van der Waals surface area (Å²) in [7, 11) is 0. The van der Waals surface area contributed by atoms with Crippen molar-refractivity contribution in [1.82, 2.24) is 5.32 Å². The molecule has 0 saturated heterocycles. The fourth-order valence-electron chi connectivity index (χ4n) is 2.40. The summed E-state index contributed by atoms with van der Waals surface area (Å²) in [6.07, 6.45) is 1.50. The number of carbonyl (C=O) groups excluding carboxylic acids is 1. The van der Waals surface area contributed by atoms with Gasteiger partial charge in [-0.3, -0.25) is 4.79 Å². The van der Waals surface area contributed by atoms with Gasteiger partial charge in [0.15, 0.2) is 0 Å². The van der Waals surface area contributed by atoms with Crippen molar-refractivity contribution in [1.29, 1.82) is 0 Å². The summed E-state index contributed by atoms with van der Waals surface area (Å²) in [6, 6.07) is 7.94. The van der Waals surface area contributed by atoms with Crippen molar-refractivity contribution < 1.29 is 4.79 Å². The summed E-state index contributed by atoms with van der Waals surface area (Å²) in [5.41, 5.74) is 6.84. The van der Waals surface area contributed by atoms with Gasteiger partial charge in [0.1, 0.15) is 0 Å². The highest BCUT2D eigenvalue weighted by molar-refractivity contribution is 9.10. The third-order valence-corrected chi connectivity index (χ3v) is 4.08. The van der Waals surface area contributed by atoms with E-state index in [2.05, 4.69) is 35.1 Å². The first-order chi connectivity index (χ1) is 9.43. The van der Waals surface area contributed by atoms with Gasteiger partial charge >= 0.3 is 0 Å². The molecule has 0 aromatic heterocycles. The van der Waals surface area contributed by atoms with Crippen molar-refractivity contribution >= 4 is 21.8 Å². The zero-order valence-electron chi connectivity index (χ0n) is 12.5. The lowest BCUT2D eigenvalue weighted by Crippen LogP contribution is -2.31. The summed E-state index contributed by atoms with van der Waals surface area (Å²) < 4.78 is 1.02. The molecule has 4 heteroatoms. The molecule has 0 aliphatic heterocycles.